The van der Waals surface area contributed by atoms with Crippen molar-refractivity contribution in [1.29, 1.82) is 0 Å². The Balaban J connectivity index is 2.14. The van der Waals surface area contributed by atoms with E-state index in [1.54, 1.807) is 38.4 Å². The molecule has 0 spiro atoms. The molecule has 3 heterocycles. The molecule has 150 valence electrons. The van der Waals surface area contributed by atoms with Crippen molar-refractivity contribution in [2.24, 2.45) is 0 Å². The van der Waals surface area contributed by atoms with Gasteiger partial charge in [0.05, 0.1) is 35.8 Å². The van der Waals surface area contributed by atoms with Crippen LogP contribution >= 0.6 is 0 Å². The molecule has 8 heteroatoms. The standard InChI is InChI=1S/C22H18FN5O2/c1-5-6-26-15(4)20(28-19-9-18(23)14(3)8-16(19)11-25-28)21(29)27(22(26)30)17-7-13(2)10-24-12-17/h1,7-12H,6H2,2-4H3. The minimum Gasteiger partial charge on any atom is -0.284 e. The van der Waals surface area contributed by atoms with Gasteiger partial charge in [-0.05, 0) is 44.0 Å². The molecule has 0 bridgehead atoms. The molecule has 3 aromatic heterocycles. The third-order valence-corrected chi connectivity index (χ3v) is 5.00. The predicted molar refractivity (Wildman–Crippen MR) is 112 cm³/mol. The molecule has 0 fully saturated rings. The van der Waals surface area contributed by atoms with E-state index in [1.165, 1.54) is 21.5 Å². The number of halogens is 1. The smallest absolute Gasteiger partial charge is 0.284 e. The van der Waals surface area contributed by atoms with E-state index in [-0.39, 0.29) is 12.2 Å². The summed E-state index contributed by atoms with van der Waals surface area (Å²) in [6, 6.07) is 4.66. The second-order valence-corrected chi connectivity index (χ2v) is 7.08. The van der Waals surface area contributed by atoms with Crippen LogP contribution in [0.3, 0.4) is 0 Å². The van der Waals surface area contributed by atoms with Gasteiger partial charge in [-0.15, -0.1) is 6.42 Å². The van der Waals surface area contributed by atoms with E-state index in [4.69, 9.17) is 6.42 Å². The Bertz CT molecular complexity index is 1470. The molecule has 0 amide bonds. The van der Waals surface area contributed by atoms with E-state index in [9.17, 15) is 14.0 Å². The second kappa shape index (κ2) is 7.12. The van der Waals surface area contributed by atoms with Gasteiger partial charge in [0, 0.05) is 17.6 Å². The molecule has 0 saturated heterocycles. The van der Waals surface area contributed by atoms with Gasteiger partial charge in [-0.25, -0.2) is 18.4 Å². The number of fused-ring (bicyclic) bond motifs is 1. The van der Waals surface area contributed by atoms with Gasteiger partial charge >= 0.3 is 5.69 Å². The minimum atomic E-state index is -0.593. The van der Waals surface area contributed by atoms with Crippen molar-refractivity contribution in [3.8, 4) is 23.7 Å². The van der Waals surface area contributed by atoms with Crippen LogP contribution in [0.5, 0.6) is 0 Å². The molecule has 0 saturated carbocycles. The molecule has 0 atom stereocenters. The van der Waals surface area contributed by atoms with Gasteiger partial charge < -0.3 is 0 Å². The number of aryl methyl sites for hydroxylation is 2. The fraction of sp³-hybridized carbons (Fsp3) is 0.182. The highest BCUT2D eigenvalue weighted by molar-refractivity contribution is 5.81. The number of rotatable bonds is 3. The van der Waals surface area contributed by atoms with Gasteiger partial charge in [0.25, 0.3) is 5.56 Å². The lowest BCUT2D eigenvalue weighted by Gasteiger charge is -2.16. The average molecular weight is 403 g/mol. The van der Waals surface area contributed by atoms with Gasteiger partial charge in [0.1, 0.15) is 5.82 Å². The van der Waals surface area contributed by atoms with E-state index >= 15 is 0 Å². The maximum atomic E-state index is 14.3. The van der Waals surface area contributed by atoms with Crippen molar-refractivity contribution in [2.45, 2.75) is 27.3 Å². The third kappa shape index (κ3) is 2.92. The van der Waals surface area contributed by atoms with Crippen molar-refractivity contribution < 1.29 is 4.39 Å². The van der Waals surface area contributed by atoms with E-state index in [1.807, 2.05) is 6.92 Å². The Kier molecular flexibility index (Phi) is 4.59. The highest BCUT2D eigenvalue weighted by Crippen LogP contribution is 2.22. The highest BCUT2D eigenvalue weighted by Gasteiger charge is 2.21. The predicted octanol–water partition coefficient (Wildman–Crippen LogP) is 2.43. The lowest BCUT2D eigenvalue weighted by molar-refractivity contribution is 0.619. The fourth-order valence-corrected chi connectivity index (χ4v) is 3.49. The number of hydrogen-bond acceptors (Lipinski definition) is 4. The van der Waals surface area contributed by atoms with Crippen LogP contribution in [0.2, 0.25) is 0 Å². The van der Waals surface area contributed by atoms with Crippen molar-refractivity contribution in [1.82, 2.24) is 23.9 Å². The molecule has 0 aliphatic rings. The molecule has 0 unspecified atom stereocenters. The zero-order valence-electron chi connectivity index (χ0n) is 16.7. The summed E-state index contributed by atoms with van der Waals surface area (Å²) in [6.45, 7) is 5.04. The Labute approximate surface area is 171 Å². The maximum Gasteiger partial charge on any atom is 0.336 e. The maximum absolute atomic E-state index is 14.3. The van der Waals surface area contributed by atoms with Crippen LogP contribution < -0.4 is 11.2 Å². The molecule has 4 rings (SSSR count). The molecule has 7 nitrogen and oxygen atoms in total. The molecule has 0 N–H and O–H groups in total. The number of pyridine rings is 1. The molecule has 4 aromatic rings. The van der Waals surface area contributed by atoms with Crippen LogP contribution in [0.4, 0.5) is 4.39 Å². The first-order valence-electron chi connectivity index (χ1n) is 9.19. The zero-order valence-corrected chi connectivity index (χ0v) is 16.7. The number of nitrogens with zero attached hydrogens (tertiary/aromatic N) is 5. The Morgan fingerprint density at radius 1 is 1.10 bits per heavy atom. The van der Waals surface area contributed by atoms with Gasteiger partial charge in [-0.3, -0.25) is 14.3 Å². The lowest BCUT2D eigenvalue weighted by Crippen LogP contribution is -2.42. The van der Waals surface area contributed by atoms with E-state index in [0.29, 0.717) is 27.8 Å². The van der Waals surface area contributed by atoms with E-state index in [0.717, 1.165) is 10.1 Å². The summed E-state index contributed by atoms with van der Waals surface area (Å²) in [6.07, 6.45) is 10.1. The largest absolute Gasteiger partial charge is 0.336 e. The summed E-state index contributed by atoms with van der Waals surface area (Å²) in [4.78, 5) is 30.7. The molecular weight excluding hydrogens is 385 g/mol. The summed E-state index contributed by atoms with van der Waals surface area (Å²) in [7, 11) is 0. The summed E-state index contributed by atoms with van der Waals surface area (Å²) < 4.78 is 17.9. The second-order valence-electron chi connectivity index (χ2n) is 7.08. The molecule has 0 aliphatic heterocycles. The van der Waals surface area contributed by atoms with Crippen LogP contribution in [0.15, 0.2) is 46.4 Å². The number of aromatic nitrogens is 5. The molecule has 1 aromatic carbocycles. The SMILES string of the molecule is C#CCn1c(C)c(-n2ncc3cc(C)c(F)cc32)c(=O)n(-c2cncc(C)c2)c1=O. The van der Waals surface area contributed by atoms with Gasteiger partial charge in [-0.2, -0.15) is 5.10 Å². The number of benzene rings is 1. The first kappa shape index (κ1) is 19.3. The van der Waals surface area contributed by atoms with Crippen molar-refractivity contribution >= 4 is 10.9 Å². The van der Waals surface area contributed by atoms with Crippen molar-refractivity contribution in [3.05, 3.63) is 80.3 Å². The summed E-state index contributed by atoms with van der Waals surface area (Å²) in [5.74, 6) is 2.03. The van der Waals surface area contributed by atoms with Crippen LogP contribution in [-0.4, -0.2) is 23.9 Å². The zero-order chi connectivity index (χ0) is 21.6. The number of hydrogen-bond donors (Lipinski definition) is 0. The summed E-state index contributed by atoms with van der Waals surface area (Å²) in [5.41, 5.74) is 1.27. The molecular formula is C22H18FN5O2. The first-order chi connectivity index (χ1) is 14.3. The quantitative estimate of drug-likeness (QED) is 0.493. The molecule has 0 aliphatic carbocycles. The van der Waals surface area contributed by atoms with Gasteiger partial charge in [-0.1, -0.05) is 5.92 Å². The van der Waals surface area contributed by atoms with Gasteiger partial charge in [0.2, 0.25) is 0 Å². The normalized spacial score (nSPS) is 11.0. The van der Waals surface area contributed by atoms with Crippen LogP contribution in [-0.2, 0) is 6.54 Å². The Morgan fingerprint density at radius 2 is 1.87 bits per heavy atom. The van der Waals surface area contributed by atoms with E-state index < -0.39 is 17.1 Å². The van der Waals surface area contributed by atoms with E-state index in [2.05, 4.69) is 16.0 Å². The molecule has 0 radical (unpaired) electrons. The van der Waals surface area contributed by atoms with Crippen LogP contribution in [0.1, 0.15) is 16.8 Å². The van der Waals surface area contributed by atoms with Gasteiger partial charge in [0.15, 0.2) is 5.69 Å². The fourth-order valence-electron chi connectivity index (χ4n) is 3.49. The Hall–Kier alpha value is -3.99. The third-order valence-electron chi connectivity index (χ3n) is 5.00. The van der Waals surface area contributed by atoms with Crippen LogP contribution in [0.25, 0.3) is 22.3 Å². The average Bonchev–Trinajstić information content (AvgIpc) is 3.08. The summed E-state index contributed by atoms with van der Waals surface area (Å²) in [5, 5.41) is 4.98. The van der Waals surface area contributed by atoms with Crippen LogP contribution in [0, 0.1) is 38.9 Å². The topological polar surface area (TPSA) is 74.7 Å². The monoisotopic (exact) mass is 403 g/mol. The first-order valence-corrected chi connectivity index (χ1v) is 9.19. The Morgan fingerprint density at radius 3 is 2.57 bits per heavy atom. The summed E-state index contributed by atoms with van der Waals surface area (Å²) >= 11 is 0. The number of terminal acetylenes is 1. The van der Waals surface area contributed by atoms with Crippen molar-refractivity contribution in [2.75, 3.05) is 0 Å². The van der Waals surface area contributed by atoms with Crippen molar-refractivity contribution in [3.63, 3.8) is 0 Å². The highest BCUT2D eigenvalue weighted by atomic mass is 19.1. The lowest BCUT2D eigenvalue weighted by atomic mass is 10.1. The minimum absolute atomic E-state index is 0.0378. The molecule has 30 heavy (non-hydrogen) atoms.